The van der Waals surface area contributed by atoms with Crippen LogP contribution in [0.4, 0.5) is 23.5 Å². The van der Waals surface area contributed by atoms with Crippen LogP contribution in [0.2, 0.25) is 0 Å². The predicted molar refractivity (Wildman–Crippen MR) is 108 cm³/mol. The summed E-state index contributed by atoms with van der Waals surface area (Å²) in [5, 5.41) is 2.55. The summed E-state index contributed by atoms with van der Waals surface area (Å²) >= 11 is 0. The van der Waals surface area contributed by atoms with Crippen LogP contribution in [-0.2, 0) is 4.74 Å². The van der Waals surface area contributed by atoms with Gasteiger partial charge in [-0.05, 0) is 23.6 Å². The minimum atomic E-state index is -5.05. The molecule has 0 radical (unpaired) electrons. The number of anilines is 1. The van der Waals surface area contributed by atoms with Gasteiger partial charge in [-0.3, -0.25) is 14.6 Å². The van der Waals surface area contributed by atoms with Crippen molar-refractivity contribution in [2.75, 3.05) is 32.2 Å². The molecule has 0 aliphatic carbocycles. The second kappa shape index (κ2) is 10.4. The molecule has 0 spiro atoms. The molecular formula is C20H24F4N4O4. The summed E-state index contributed by atoms with van der Waals surface area (Å²) in [6.45, 7) is 4.41. The third kappa shape index (κ3) is 7.22. The van der Waals surface area contributed by atoms with E-state index in [2.05, 4.69) is 20.0 Å². The maximum Gasteiger partial charge on any atom is 0.573 e. The molecular weight excluding hydrogens is 436 g/mol. The highest BCUT2D eigenvalue weighted by Crippen LogP contribution is 2.28. The minimum absolute atomic E-state index is 0.117. The quantitative estimate of drug-likeness (QED) is 0.559. The van der Waals surface area contributed by atoms with Gasteiger partial charge in [-0.15, -0.1) is 13.2 Å². The lowest BCUT2D eigenvalue weighted by Crippen LogP contribution is -2.34. The molecule has 2 rings (SSSR count). The van der Waals surface area contributed by atoms with E-state index in [1.807, 2.05) is 13.8 Å². The Morgan fingerprint density at radius 1 is 1.28 bits per heavy atom. The molecule has 12 heteroatoms. The van der Waals surface area contributed by atoms with Crippen molar-refractivity contribution in [1.29, 1.82) is 0 Å². The van der Waals surface area contributed by atoms with Gasteiger partial charge < -0.3 is 19.7 Å². The number of rotatable bonds is 9. The lowest BCUT2D eigenvalue weighted by molar-refractivity contribution is -0.275. The van der Waals surface area contributed by atoms with Crippen LogP contribution in [-0.4, -0.2) is 49.5 Å². The molecule has 0 aliphatic rings. The number of aromatic amines is 1. The molecule has 0 saturated carbocycles. The Morgan fingerprint density at radius 3 is 2.53 bits per heavy atom. The SMILES string of the molecule is COCC(NC(=O)c1cc(=O)[nH]c(N(C)CC(C)C)n1)c1ccc(OC(F)(F)F)c(F)c1. The van der Waals surface area contributed by atoms with E-state index in [-0.39, 0.29) is 29.7 Å². The first-order valence-electron chi connectivity index (χ1n) is 9.57. The van der Waals surface area contributed by atoms with Crippen molar-refractivity contribution in [2.45, 2.75) is 26.3 Å². The highest BCUT2D eigenvalue weighted by molar-refractivity contribution is 5.92. The topological polar surface area (TPSA) is 96.5 Å². The summed E-state index contributed by atoms with van der Waals surface area (Å²) < 4.78 is 59.8. The van der Waals surface area contributed by atoms with Crippen LogP contribution in [0.5, 0.6) is 5.75 Å². The van der Waals surface area contributed by atoms with E-state index in [0.717, 1.165) is 18.2 Å². The van der Waals surface area contributed by atoms with Gasteiger partial charge in [0.2, 0.25) is 5.95 Å². The highest BCUT2D eigenvalue weighted by Gasteiger charge is 2.32. The highest BCUT2D eigenvalue weighted by atomic mass is 19.4. The second-order valence-corrected chi connectivity index (χ2v) is 7.45. The minimum Gasteiger partial charge on any atom is -0.403 e. The van der Waals surface area contributed by atoms with Gasteiger partial charge in [0.1, 0.15) is 5.69 Å². The number of benzene rings is 1. The zero-order chi connectivity index (χ0) is 24.1. The van der Waals surface area contributed by atoms with Crippen LogP contribution in [0.25, 0.3) is 0 Å². The summed E-state index contributed by atoms with van der Waals surface area (Å²) in [7, 11) is 3.04. The number of H-pyrrole nitrogens is 1. The number of nitrogens with one attached hydrogen (secondary N) is 2. The Kier molecular flexibility index (Phi) is 8.19. The van der Waals surface area contributed by atoms with Gasteiger partial charge in [-0.1, -0.05) is 19.9 Å². The van der Waals surface area contributed by atoms with Crippen molar-refractivity contribution in [2.24, 2.45) is 5.92 Å². The normalized spacial score (nSPS) is 12.5. The summed E-state index contributed by atoms with van der Waals surface area (Å²) in [6.07, 6.45) is -5.05. The van der Waals surface area contributed by atoms with E-state index in [9.17, 15) is 27.2 Å². The van der Waals surface area contributed by atoms with Crippen LogP contribution in [0.3, 0.4) is 0 Å². The maximum absolute atomic E-state index is 14.1. The lowest BCUT2D eigenvalue weighted by Gasteiger charge is -2.21. The number of ether oxygens (including phenoxy) is 2. The molecule has 1 atom stereocenters. The maximum atomic E-state index is 14.1. The Labute approximate surface area is 181 Å². The number of carbonyl (C=O) groups excluding carboxylic acids is 1. The molecule has 1 aromatic carbocycles. The fraction of sp³-hybridized carbons (Fsp3) is 0.450. The third-order valence-electron chi connectivity index (χ3n) is 4.19. The van der Waals surface area contributed by atoms with Gasteiger partial charge in [0.15, 0.2) is 11.6 Å². The molecule has 1 amide bonds. The van der Waals surface area contributed by atoms with Crippen LogP contribution in [0.15, 0.2) is 29.1 Å². The first kappa shape index (κ1) is 25.1. The zero-order valence-electron chi connectivity index (χ0n) is 17.9. The van der Waals surface area contributed by atoms with E-state index in [1.165, 1.54) is 13.2 Å². The summed E-state index contributed by atoms with van der Waals surface area (Å²) in [5.41, 5.74) is -0.592. The summed E-state index contributed by atoms with van der Waals surface area (Å²) in [5.74, 6) is -2.54. The van der Waals surface area contributed by atoms with Crippen molar-refractivity contribution in [3.8, 4) is 5.75 Å². The fourth-order valence-corrected chi connectivity index (χ4v) is 2.94. The number of carbonyl (C=O) groups is 1. The molecule has 1 aromatic heterocycles. The van der Waals surface area contributed by atoms with Gasteiger partial charge >= 0.3 is 6.36 Å². The van der Waals surface area contributed by atoms with Gasteiger partial charge in [0.05, 0.1) is 12.6 Å². The number of amides is 1. The van der Waals surface area contributed by atoms with E-state index in [1.54, 1.807) is 11.9 Å². The smallest absolute Gasteiger partial charge is 0.403 e. The van der Waals surface area contributed by atoms with Crippen molar-refractivity contribution in [1.82, 2.24) is 15.3 Å². The first-order chi connectivity index (χ1) is 14.9. The van der Waals surface area contributed by atoms with E-state index >= 15 is 0 Å². The van der Waals surface area contributed by atoms with Crippen molar-refractivity contribution >= 4 is 11.9 Å². The average molecular weight is 460 g/mol. The lowest BCUT2D eigenvalue weighted by atomic mass is 10.1. The Hall–Kier alpha value is -3.15. The molecule has 176 valence electrons. The van der Waals surface area contributed by atoms with E-state index in [0.29, 0.717) is 6.54 Å². The number of alkyl halides is 3. The Balaban J connectivity index is 2.26. The molecule has 2 aromatic rings. The number of halogens is 4. The van der Waals surface area contributed by atoms with Gasteiger partial charge in [-0.25, -0.2) is 9.37 Å². The number of methoxy groups -OCH3 is 1. The molecule has 1 unspecified atom stereocenters. The van der Waals surface area contributed by atoms with Crippen molar-refractivity contribution in [3.05, 3.63) is 51.7 Å². The molecule has 8 nitrogen and oxygen atoms in total. The molecule has 2 N–H and O–H groups in total. The predicted octanol–water partition coefficient (Wildman–Crippen LogP) is 3.02. The summed E-state index contributed by atoms with van der Waals surface area (Å²) in [6, 6.07) is 2.85. The van der Waals surface area contributed by atoms with Crippen LogP contribution >= 0.6 is 0 Å². The van der Waals surface area contributed by atoms with Gasteiger partial charge in [-0.2, -0.15) is 0 Å². The average Bonchev–Trinajstić information content (AvgIpc) is 2.67. The van der Waals surface area contributed by atoms with E-state index in [4.69, 9.17) is 4.74 Å². The monoisotopic (exact) mass is 460 g/mol. The molecule has 0 bridgehead atoms. The molecule has 32 heavy (non-hydrogen) atoms. The molecule has 0 fully saturated rings. The molecule has 0 saturated heterocycles. The second-order valence-electron chi connectivity index (χ2n) is 7.45. The Bertz CT molecular complexity index is 994. The van der Waals surface area contributed by atoms with Gasteiger partial charge in [0, 0.05) is 26.8 Å². The van der Waals surface area contributed by atoms with Crippen LogP contribution in [0, 0.1) is 11.7 Å². The molecule has 1 heterocycles. The van der Waals surface area contributed by atoms with Crippen molar-refractivity contribution in [3.63, 3.8) is 0 Å². The number of aromatic nitrogens is 2. The standard InChI is InChI=1S/C20H24F4N4O4/c1-11(2)9-28(3)19-26-14(8-17(29)27-19)18(30)25-15(10-31-4)12-5-6-16(13(21)7-12)32-20(22,23)24/h5-8,11,15H,9-10H2,1-4H3,(H,25,30)(H,26,27,29). The van der Waals surface area contributed by atoms with Crippen LogP contribution < -0.4 is 20.5 Å². The Morgan fingerprint density at radius 2 is 1.97 bits per heavy atom. The van der Waals surface area contributed by atoms with Crippen molar-refractivity contribution < 1.29 is 31.8 Å². The summed E-state index contributed by atoms with van der Waals surface area (Å²) in [4.78, 5) is 33.1. The molecule has 0 aliphatic heterocycles. The fourth-order valence-electron chi connectivity index (χ4n) is 2.94. The number of nitrogens with zero attached hydrogens (tertiary/aromatic N) is 2. The number of hydrogen-bond acceptors (Lipinski definition) is 6. The number of hydrogen-bond donors (Lipinski definition) is 2. The van der Waals surface area contributed by atoms with Crippen LogP contribution in [0.1, 0.15) is 35.9 Å². The first-order valence-corrected chi connectivity index (χ1v) is 9.57. The third-order valence-corrected chi connectivity index (χ3v) is 4.19. The largest absolute Gasteiger partial charge is 0.573 e. The van der Waals surface area contributed by atoms with E-state index < -0.39 is 35.4 Å². The zero-order valence-corrected chi connectivity index (χ0v) is 17.9. The van der Waals surface area contributed by atoms with Gasteiger partial charge in [0.25, 0.3) is 11.5 Å².